The van der Waals surface area contributed by atoms with Crippen LogP contribution in [-0.2, 0) is 16.0 Å². The highest BCUT2D eigenvalue weighted by Gasteiger charge is 2.06. The number of ether oxygens (including phenoxy) is 2. The number of carbonyl (C=O) groups excluding carboxylic acids is 1. The van der Waals surface area contributed by atoms with E-state index in [4.69, 9.17) is 9.47 Å². The maximum Gasteiger partial charge on any atom is 0.350 e. The summed E-state index contributed by atoms with van der Waals surface area (Å²) in [7, 11) is 0. The van der Waals surface area contributed by atoms with Crippen molar-refractivity contribution in [2.75, 3.05) is 0 Å². The van der Waals surface area contributed by atoms with Gasteiger partial charge in [0.1, 0.15) is 5.75 Å². The van der Waals surface area contributed by atoms with E-state index in [0.717, 1.165) is 35.7 Å². The first-order valence-corrected chi connectivity index (χ1v) is 12.6. The molecule has 0 fully saturated rings. The predicted molar refractivity (Wildman–Crippen MR) is 156 cm³/mol. The lowest BCUT2D eigenvalue weighted by atomic mass is 10.1. The third kappa shape index (κ3) is 10.5. The van der Waals surface area contributed by atoms with Crippen LogP contribution in [0.3, 0.4) is 0 Å². The van der Waals surface area contributed by atoms with Gasteiger partial charge in [-0.3, -0.25) is 4.99 Å². The molecule has 1 heterocycles. The summed E-state index contributed by atoms with van der Waals surface area (Å²) in [6.45, 7) is 8.90. The van der Waals surface area contributed by atoms with Crippen LogP contribution in [0.2, 0.25) is 0 Å². The fourth-order valence-corrected chi connectivity index (χ4v) is 3.14. The van der Waals surface area contributed by atoms with Crippen LogP contribution in [0, 0.1) is 0 Å². The van der Waals surface area contributed by atoms with E-state index >= 15 is 0 Å². The Kier molecular flexibility index (Phi) is 11.9. The Morgan fingerprint density at radius 1 is 0.900 bits per heavy atom. The highest BCUT2D eigenvalue weighted by molar-refractivity contribution is 5.86. The normalized spacial score (nSPS) is 10.1. The Balaban J connectivity index is 1.60. The van der Waals surface area contributed by atoms with Gasteiger partial charge >= 0.3 is 11.9 Å². The summed E-state index contributed by atoms with van der Waals surface area (Å²) in [5.41, 5.74) is 15.9. The number of benzene rings is 2. The van der Waals surface area contributed by atoms with Crippen molar-refractivity contribution in [1.29, 1.82) is 0 Å². The van der Waals surface area contributed by atoms with Crippen molar-refractivity contribution in [1.82, 2.24) is 10.2 Å². The van der Waals surface area contributed by atoms with E-state index in [2.05, 4.69) is 68.9 Å². The number of hydrogen-bond acceptors (Lipinski definition) is 7. The van der Waals surface area contributed by atoms with Crippen LogP contribution in [0.15, 0.2) is 124 Å². The van der Waals surface area contributed by atoms with Gasteiger partial charge in [-0.1, -0.05) is 56.3 Å². The first kappa shape index (κ1) is 29.1. The number of rotatable bonds is 12. The number of nitrogens with zero attached hydrogens (tertiary/aromatic N) is 4. The Morgan fingerprint density at radius 3 is 2.25 bits per heavy atom. The zero-order valence-electron chi connectivity index (χ0n) is 22.3. The maximum absolute atomic E-state index is 11.5. The lowest BCUT2D eigenvalue weighted by molar-refractivity contribution is -0.136. The monoisotopic (exact) mass is 528 g/mol. The minimum atomic E-state index is -0.702. The number of esters is 1. The molecule has 0 amide bonds. The van der Waals surface area contributed by atoms with Crippen LogP contribution in [0.25, 0.3) is 0 Å². The van der Waals surface area contributed by atoms with Crippen molar-refractivity contribution in [3.05, 3.63) is 131 Å². The smallest absolute Gasteiger partial charge is 0.350 e. The van der Waals surface area contributed by atoms with Gasteiger partial charge in [0.15, 0.2) is 5.82 Å². The first-order valence-electron chi connectivity index (χ1n) is 12.6. The quantitative estimate of drug-likeness (QED) is 0.0627. The number of aliphatic imine (C=N–C) groups is 2. The third-order valence-electron chi connectivity index (χ3n) is 5.17. The van der Waals surface area contributed by atoms with E-state index in [1.165, 1.54) is 12.8 Å². The molecule has 0 N–H and O–H groups in total. The SMILES string of the molecule is C=C=C=C=C=C=C(OC(=O)C=C)Oc1ccc(N=Cc2ccc(C=Nc3ccc(CCCCC)nn3)cc2)cc1. The number of unbranched alkanes of at least 4 members (excludes halogenated alkanes) is 2. The van der Waals surface area contributed by atoms with Crippen LogP contribution in [0.1, 0.15) is 43.0 Å². The van der Waals surface area contributed by atoms with Crippen LogP contribution in [0.4, 0.5) is 11.5 Å². The molecule has 0 aliphatic carbocycles. The molecule has 0 spiro atoms. The molecule has 0 aliphatic rings. The van der Waals surface area contributed by atoms with E-state index in [-0.39, 0.29) is 5.95 Å². The molecule has 198 valence electrons. The van der Waals surface area contributed by atoms with E-state index in [1.807, 2.05) is 36.4 Å². The molecular formula is C33H28N4O3. The zero-order valence-corrected chi connectivity index (χ0v) is 22.3. The summed E-state index contributed by atoms with van der Waals surface area (Å²) in [4.78, 5) is 20.4. The summed E-state index contributed by atoms with van der Waals surface area (Å²) < 4.78 is 10.6. The second-order valence-electron chi connectivity index (χ2n) is 8.21. The number of carbonyl (C=O) groups is 1. The van der Waals surface area contributed by atoms with Crippen LogP contribution in [0.5, 0.6) is 5.75 Å². The molecule has 0 saturated carbocycles. The Hall–Kier alpha value is -5.49. The van der Waals surface area contributed by atoms with Gasteiger partial charge in [-0.25, -0.2) is 9.79 Å². The molecule has 0 saturated heterocycles. The van der Waals surface area contributed by atoms with Gasteiger partial charge < -0.3 is 9.47 Å². The fourth-order valence-electron chi connectivity index (χ4n) is 3.14. The zero-order chi connectivity index (χ0) is 28.4. The van der Waals surface area contributed by atoms with Crippen molar-refractivity contribution in [3.8, 4) is 5.75 Å². The number of aromatic nitrogens is 2. The van der Waals surface area contributed by atoms with Crippen LogP contribution < -0.4 is 4.74 Å². The predicted octanol–water partition coefficient (Wildman–Crippen LogP) is 7.07. The molecule has 7 nitrogen and oxygen atoms in total. The molecule has 3 aromatic rings. The molecule has 1 aromatic heterocycles. The molecule has 40 heavy (non-hydrogen) atoms. The van der Waals surface area contributed by atoms with Gasteiger partial charge in [0.05, 0.1) is 11.4 Å². The Morgan fingerprint density at radius 2 is 1.62 bits per heavy atom. The highest BCUT2D eigenvalue weighted by atomic mass is 16.7. The molecule has 7 heteroatoms. The van der Waals surface area contributed by atoms with Crippen molar-refractivity contribution >= 4 is 29.9 Å². The van der Waals surface area contributed by atoms with Gasteiger partial charge in [-0.05, 0) is 84.1 Å². The van der Waals surface area contributed by atoms with Crippen molar-refractivity contribution in [2.45, 2.75) is 32.6 Å². The first-order chi connectivity index (χ1) is 19.6. The minimum Gasteiger partial charge on any atom is -0.419 e. The third-order valence-corrected chi connectivity index (χ3v) is 5.17. The van der Waals surface area contributed by atoms with Crippen molar-refractivity contribution < 1.29 is 14.3 Å². The fraction of sp³-hybridized carbons (Fsp3) is 0.152. The largest absolute Gasteiger partial charge is 0.419 e. The summed E-state index contributed by atoms with van der Waals surface area (Å²) in [6.07, 6.45) is 8.97. The summed E-state index contributed by atoms with van der Waals surface area (Å²) in [5.74, 6) is 0.0527. The summed E-state index contributed by atoms with van der Waals surface area (Å²) in [5, 5.41) is 8.44. The topological polar surface area (TPSA) is 86.0 Å². The van der Waals surface area contributed by atoms with E-state index < -0.39 is 5.97 Å². The molecule has 0 radical (unpaired) electrons. The van der Waals surface area contributed by atoms with Gasteiger partial charge in [0.25, 0.3) is 0 Å². The average Bonchev–Trinajstić information content (AvgIpc) is 2.99. The lowest BCUT2D eigenvalue weighted by Crippen LogP contribution is -2.05. The summed E-state index contributed by atoms with van der Waals surface area (Å²) in [6, 6.07) is 18.6. The number of aryl methyl sites for hydroxylation is 1. The van der Waals surface area contributed by atoms with Gasteiger partial charge in [0, 0.05) is 24.2 Å². The van der Waals surface area contributed by atoms with Gasteiger partial charge in [0.2, 0.25) is 0 Å². The lowest BCUT2D eigenvalue weighted by Gasteiger charge is -2.06. The van der Waals surface area contributed by atoms with E-state index in [0.29, 0.717) is 17.3 Å². The average molecular weight is 529 g/mol. The molecule has 3 rings (SSSR count). The highest BCUT2D eigenvalue weighted by Crippen LogP contribution is 2.20. The molecular weight excluding hydrogens is 500 g/mol. The van der Waals surface area contributed by atoms with Crippen LogP contribution >= 0.6 is 0 Å². The molecule has 0 unspecified atom stereocenters. The molecule has 0 bridgehead atoms. The van der Waals surface area contributed by atoms with Crippen molar-refractivity contribution in [3.63, 3.8) is 0 Å². The molecule has 0 aliphatic heterocycles. The van der Waals surface area contributed by atoms with E-state index in [1.54, 1.807) is 36.7 Å². The van der Waals surface area contributed by atoms with Crippen molar-refractivity contribution in [2.24, 2.45) is 9.98 Å². The minimum absolute atomic E-state index is 0.227. The second kappa shape index (κ2) is 16.4. The van der Waals surface area contributed by atoms with Crippen LogP contribution in [-0.4, -0.2) is 28.6 Å². The Labute approximate surface area is 234 Å². The Bertz CT molecular complexity index is 1550. The maximum atomic E-state index is 11.5. The molecule has 2 aromatic carbocycles. The molecule has 0 atom stereocenters. The standard InChI is InChI=1S/C33H28N4O3/c1-4-7-9-11-13-33(40-32(38)6-3)39-30-21-18-28(19-22-30)34-24-26-14-16-27(17-15-26)25-35-31-23-20-29(36-37-31)12-10-8-5-2/h6,14-25H,1,3,5,8,10,12H2,2H3. The van der Waals surface area contributed by atoms with Gasteiger partial charge in [-0.2, -0.15) is 5.10 Å². The second-order valence-corrected chi connectivity index (χ2v) is 8.21. The van der Waals surface area contributed by atoms with E-state index in [9.17, 15) is 4.79 Å². The number of hydrogen-bond donors (Lipinski definition) is 0. The summed E-state index contributed by atoms with van der Waals surface area (Å²) >= 11 is 0. The van der Waals surface area contributed by atoms with Gasteiger partial charge in [-0.15, -0.1) is 5.10 Å².